The Bertz CT molecular complexity index is 311. The summed E-state index contributed by atoms with van der Waals surface area (Å²) in [5, 5.41) is 8.82. The van der Waals surface area contributed by atoms with Crippen molar-refractivity contribution < 1.29 is 4.79 Å². The van der Waals surface area contributed by atoms with Gasteiger partial charge in [-0.05, 0) is 39.2 Å². The van der Waals surface area contributed by atoms with Gasteiger partial charge in [-0.1, -0.05) is 6.92 Å². The molecule has 1 heterocycles. The highest BCUT2D eigenvalue weighted by atomic mass is 16.2. The van der Waals surface area contributed by atoms with E-state index in [9.17, 15) is 4.79 Å². The molecule has 1 rings (SSSR count). The van der Waals surface area contributed by atoms with E-state index in [2.05, 4.69) is 17.9 Å². The summed E-state index contributed by atoms with van der Waals surface area (Å²) >= 11 is 0. The van der Waals surface area contributed by atoms with Gasteiger partial charge in [-0.2, -0.15) is 5.26 Å². The second-order valence-electron chi connectivity index (χ2n) is 5.45. The molecule has 1 saturated heterocycles. The highest BCUT2D eigenvalue weighted by molar-refractivity contribution is 5.78. The summed E-state index contributed by atoms with van der Waals surface area (Å²) in [4.78, 5) is 16.2. The van der Waals surface area contributed by atoms with Gasteiger partial charge in [0.1, 0.15) is 0 Å². The number of hydrogen-bond acceptors (Lipinski definition) is 3. The van der Waals surface area contributed by atoms with Crippen LogP contribution in [-0.4, -0.2) is 48.4 Å². The Balaban J connectivity index is 2.44. The lowest BCUT2D eigenvalue weighted by molar-refractivity contribution is -0.133. The monoisotopic (exact) mass is 251 g/mol. The third-order valence-corrected chi connectivity index (χ3v) is 3.55. The van der Waals surface area contributed by atoms with Crippen LogP contribution < -0.4 is 0 Å². The Morgan fingerprint density at radius 3 is 2.89 bits per heavy atom. The summed E-state index contributed by atoms with van der Waals surface area (Å²) < 4.78 is 0. The minimum Gasteiger partial charge on any atom is -0.341 e. The van der Waals surface area contributed by atoms with Crippen LogP contribution >= 0.6 is 0 Å². The molecule has 0 saturated carbocycles. The number of piperidine rings is 1. The van der Waals surface area contributed by atoms with Crippen molar-refractivity contribution in [3.8, 4) is 6.07 Å². The minimum atomic E-state index is -0.0887. The van der Waals surface area contributed by atoms with Crippen molar-refractivity contribution in [2.45, 2.75) is 33.6 Å². The SMILES string of the molecule is CCN(CC(C)C#N)C(=O)CN1CCCC(C)C1. The molecule has 0 aliphatic carbocycles. The first-order chi connectivity index (χ1) is 8.56. The number of likely N-dealkylation sites (tertiary alicyclic amines) is 1. The van der Waals surface area contributed by atoms with Gasteiger partial charge in [0, 0.05) is 19.6 Å². The third-order valence-electron chi connectivity index (χ3n) is 3.55. The molecular weight excluding hydrogens is 226 g/mol. The first kappa shape index (κ1) is 15.0. The van der Waals surface area contributed by atoms with Crippen molar-refractivity contribution in [3.63, 3.8) is 0 Å². The van der Waals surface area contributed by atoms with Gasteiger partial charge >= 0.3 is 0 Å². The van der Waals surface area contributed by atoms with E-state index in [1.54, 1.807) is 4.90 Å². The van der Waals surface area contributed by atoms with Crippen LogP contribution in [0.3, 0.4) is 0 Å². The van der Waals surface area contributed by atoms with Crippen LogP contribution in [0.1, 0.15) is 33.6 Å². The largest absolute Gasteiger partial charge is 0.341 e. The molecule has 2 unspecified atom stereocenters. The quantitative estimate of drug-likeness (QED) is 0.747. The van der Waals surface area contributed by atoms with Crippen molar-refractivity contribution in [2.24, 2.45) is 11.8 Å². The molecule has 0 spiro atoms. The smallest absolute Gasteiger partial charge is 0.236 e. The topological polar surface area (TPSA) is 47.3 Å². The summed E-state index contributed by atoms with van der Waals surface area (Å²) in [5.41, 5.74) is 0. The van der Waals surface area contributed by atoms with Crippen LogP contribution in [0.15, 0.2) is 0 Å². The maximum atomic E-state index is 12.2. The van der Waals surface area contributed by atoms with Gasteiger partial charge in [0.2, 0.25) is 5.91 Å². The minimum absolute atomic E-state index is 0.0887. The molecular formula is C14H25N3O. The molecule has 102 valence electrons. The van der Waals surface area contributed by atoms with Gasteiger partial charge in [0.15, 0.2) is 0 Å². The van der Waals surface area contributed by atoms with Crippen molar-refractivity contribution in [1.82, 2.24) is 9.80 Å². The zero-order valence-corrected chi connectivity index (χ0v) is 11.9. The molecule has 0 aromatic carbocycles. The van der Waals surface area contributed by atoms with Gasteiger partial charge in [-0.15, -0.1) is 0 Å². The summed E-state index contributed by atoms with van der Waals surface area (Å²) in [6.07, 6.45) is 2.46. The molecule has 0 aromatic heterocycles. The Hall–Kier alpha value is -1.08. The molecule has 0 bridgehead atoms. The average Bonchev–Trinajstić information content (AvgIpc) is 2.35. The molecule has 0 N–H and O–H groups in total. The highest BCUT2D eigenvalue weighted by Gasteiger charge is 2.21. The van der Waals surface area contributed by atoms with Crippen LogP contribution in [0.2, 0.25) is 0 Å². The van der Waals surface area contributed by atoms with Crippen LogP contribution in [0.4, 0.5) is 0 Å². The molecule has 18 heavy (non-hydrogen) atoms. The van der Waals surface area contributed by atoms with Crippen LogP contribution in [0, 0.1) is 23.2 Å². The summed E-state index contributed by atoms with van der Waals surface area (Å²) in [6.45, 7) is 9.88. The normalized spacial score (nSPS) is 22.2. The van der Waals surface area contributed by atoms with E-state index >= 15 is 0 Å². The standard InChI is InChI=1S/C14H25N3O/c1-4-17(10-13(3)8-15)14(18)11-16-7-5-6-12(2)9-16/h12-13H,4-7,9-11H2,1-3H3. The van der Waals surface area contributed by atoms with E-state index in [0.717, 1.165) is 13.1 Å². The number of likely N-dealkylation sites (N-methyl/N-ethyl adjacent to an activating group) is 1. The van der Waals surface area contributed by atoms with Crippen molar-refractivity contribution in [3.05, 3.63) is 0 Å². The molecule has 0 aromatic rings. The van der Waals surface area contributed by atoms with Gasteiger partial charge in [-0.25, -0.2) is 0 Å². The number of carbonyl (C=O) groups is 1. The maximum Gasteiger partial charge on any atom is 0.236 e. The lowest BCUT2D eigenvalue weighted by Gasteiger charge is -2.32. The fraction of sp³-hybridized carbons (Fsp3) is 0.857. The van der Waals surface area contributed by atoms with Gasteiger partial charge < -0.3 is 4.90 Å². The predicted octanol–water partition coefficient (Wildman–Crippen LogP) is 1.73. The molecule has 4 heteroatoms. The second kappa shape index (κ2) is 7.38. The van der Waals surface area contributed by atoms with E-state index in [1.807, 2.05) is 13.8 Å². The number of hydrogen-bond donors (Lipinski definition) is 0. The van der Waals surface area contributed by atoms with E-state index in [-0.39, 0.29) is 11.8 Å². The van der Waals surface area contributed by atoms with Gasteiger partial charge in [0.25, 0.3) is 0 Å². The number of amides is 1. The fourth-order valence-electron chi connectivity index (χ4n) is 2.50. The Morgan fingerprint density at radius 1 is 1.61 bits per heavy atom. The van der Waals surface area contributed by atoms with Gasteiger partial charge in [-0.3, -0.25) is 9.69 Å². The molecule has 1 aliphatic heterocycles. The van der Waals surface area contributed by atoms with E-state index in [1.165, 1.54) is 12.8 Å². The molecule has 1 aliphatic rings. The van der Waals surface area contributed by atoms with Crippen LogP contribution in [-0.2, 0) is 4.79 Å². The van der Waals surface area contributed by atoms with Crippen LogP contribution in [0.25, 0.3) is 0 Å². The summed E-state index contributed by atoms with van der Waals surface area (Å²) in [6, 6.07) is 2.19. The fourth-order valence-corrected chi connectivity index (χ4v) is 2.50. The highest BCUT2D eigenvalue weighted by Crippen LogP contribution is 2.15. The first-order valence-electron chi connectivity index (χ1n) is 6.96. The summed E-state index contributed by atoms with van der Waals surface area (Å²) in [7, 11) is 0. The Labute approximate surface area is 111 Å². The zero-order valence-electron chi connectivity index (χ0n) is 11.9. The number of carbonyl (C=O) groups excluding carboxylic acids is 1. The molecule has 0 radical (unpaired) electrons. The number of nitrogens with zero attached hydrogens (tertiary/aromatic N) is 3. The lowest BCUT2D eigenvalue weighted by atomic mass is 10.0. The average molecular weight is 251 g/mol. The van der Waals surface area contributed by atoms with E-state index in [4.69, 9.17) is 5.26 Å². The van der Waals surface area contributed by atoms with Gasteiger partial charge in [0.05, 0.1) is 18.5 Å². The van der Waals surface area contributed by atoms with Crippen molar-refractivity contribution >= 4 is 5.91 Å². The summed E-state index contributed by atoms with van der Waals surface area (Å²) in [5.74, 6) is 0.766. The number of rotatable bonds is 5. The molecule has 1 fully saturated rings. The van der Waals surface area contributed by atoms with Crippen molar-refractivity contribution in [2.75, 3.05) is 32.7 Å². The van der Waals surface area contributed by atoms with E-state index in [0.29, 0.717) is 25.6 Å². The van der Waals surface area contributed by atoms with Crippen molar-refractivity contribution in [1.29, 1.82) is 5.26 Å². The molecule has 1 amide bonds. The Kier molecular flexibility index (Phi) is 6.14. The number of nitriles is 1. The predicted molar refractivity (Wildman–Crippen MR) is 71.9 cm³/mol. The maximum absolute atomic E-state index is 12.2. The Morgan fingerprint density at radius 2 is 2.33 bits per heavy atom. The second-order valence-corrected chi connectivity index (χ2v) is 5.45. The lowest BCUT2D eigenvalue weighted by Crippen LogP contribution is -2.44. The third kappa shape index (κ3) is 4.66. The molecule has 2 atom stereocenters. The zero-order chi connectivity index (χ0) is 13.5. The van der Waals surface area contributed by atoms with Crippen LogP contribution in [0.5, 0.6) is 0 Å². The molecule has 4 nitrogen and oxygen atoms in total. The first-order valence-corrected chi connectivity index (χ1v) is 6.96. The van der Waals surface area contributed by atoms with E-state index < -0.39 is 0 Å².